The zero-order valence-corrected chi connectivity index (χ0v) is 12.2. The molecule has 0 aromatic heterocycles. The molecule has 1 heterocycles. The first kappa shape index (κ1) is 14.6. The molecule has 2 N–H and O–H groups in total. The molecule has 1 saturated heterocycles. The molecule has 1 aliphatic heterocycles. The van der Waals surface area contributed by atoms with Crippen LogP contribution in [0.25, 0.3) is 0 Å². The van der Waals surface area contributed by atoms with Crippen LogP contribution in [0.1, 0.15) is 24.8 Å². The molecule has 1 atom stereocenters. The first-order chi connectivity index (χ1) is 9.15. The lowest BCUT2D eigenvalue weighted by Crippen LogP contribution is -3.14. The zero-order chi connectivity index (χ0) is 13.7. The van der Waals surface area contributed by atoms with Crippen LogP contribution in [0.3, 0.4) is 0 Å². The number of aliphatic hydroxyl groups is 1. The molecule has 106 valence electrons. The molecular formula is C15H23ClNO2+. The van der Waals surface area contributed by atoms with Gasteiger partial charge in [0.25, 0.3) is 0 Å². The smallest absolute Gasteiger partial charge is 0.137 e. The highest BCUT2D eigenvalue weighted by atomic mass is 35.5. The van der Waals surface area contributed by atoms with E-state index in [1.807, 2.05) is 25.1 Å². The molecule has 0 aliphatic carbocycles. The van der Waals surface area contributed by atoms with E-state index in [0.29, 0.717) is 6.61 Å². The second-order valence-corrected chi connectivity index (χ2v) is 5.80. The standard InChI is InChI=1S/C15H22ClNO2/c1-12-9-14(5-6-15(12)16)19-11-13(18)10-17-7-3-2-4-8-17/h5-6,9,13,18H,2-4,7-8,10-11H2,1H3/p+1/t13-/m1/s1. The Morgan fingerprint density at radius 3 is 2.74 bits per heavy atom. The third-order valence-corrected chi connectivity index (χ3v) is 4.08. The lowest BCUT2D eigenvalue weighted by Gasteiger charge is -2.25. The third kappa shape index (κ3) is 4.68. The van der Waals surface area contributed by atoms with Crippen molar-refractivity contribution >= 4 is 11.6 Å². The van der Waals surface area contributed by atoms with E-state index >= 15 is 0 Å². The van der Waals surface area contributed by atoms with Gasteiger partial charge in [0.05, 0.1) is 13.1 Å². The van der Waals surface area contributed by atoms with Gasteiger partial charge in [-0.15, -0.1) is 0 Å². The summed E-state index contributed by atoms with van der Waals surface area (Å²) in [6, 6.07) is 5.58. The molecular weight excluding hydrogens is 262 g/mol. The number of aryl methyl sites for hydroxylation is 1. The fraction of sp³-hybridized carbons (Fsp3) is 0.600. The Hall–Kier alpha value is -0.770. The van der Waals surface area contributed by atoms with Gasteiger partial charge in [0.15, 0.2) is 0 Å². The van der Waals surface area contributed by atoms with Crippen LogP contribution >= 0.6 is 11.6 Å². The first-order valence-electron chi connectivity index (χ1n) is 7.06. The molecule has 0 radical (unpaired) electrons. The van der Waals surface area contributed by atoms with Crippen molar-refractivity contribution in [2.24, 2.45) is 0 Å². The number of hydrogen-bond donors (Lipinski definition) is 2. The van der Waals surface area contributed by atoms with Crippen LogP contribution in [-0.2, 0) is 0 Å². The van der Waals surface area contributed by atoms with E-state index in [1.165, 1.54) is 37.3 Å². The number of ether oxygens (including phenoxy) is 1. The van der Waals surface area contributed by atoms with Crippen molar-refractivity contribution in [1.29, 1.82) is 0 Å². The average Bonchev–Trinajstić information content (AvgIpc) is 2.41. The summed E-state index contributed by atoms with van der Waals surface area (Å²) in [6.45, 7) is 5.44. The monoisotopic (exact) mass is 284 g/mol. The molecule has 0 bridgehead atoms. The van der Waals surface area contributed by atoms with Gasteiger partial charge in [-0.05, 0) is 49.9 Å². The Kier molecular flexibility index (Phi) is 5.49. The van der Waals surface area contributed by atoms with E-state index in [-0.39, 0.29) is 0 Å². The largest absolute Gasteiger partial charge is 0.491 e. The van der Waals surface area contributed by atoms with Crippen LogP contribution in [0.2, 0.25) is 5.02 Å². The zero-order valence-electron chi connectivity index (χ0n) is 11.5. The van der Waals surface area contributed by atoms with Crippen LogP contribution < -0.4 is 9.64 Å². The second kappa shape index (κ2) is 7.13. The Morgan fingerprint density at radius 1 is 1.32 bits per heavy atom. The molecule has 19 heavy (non-hydrogen) atoms. The van der Waals surface area contributed by atoms with E-state index in [2.05, 4.69) is 0 Å². The quantitative estimate of drug-likeness (QED) is 0.858. The Labute approximate surface area is 120 Å². The topological polar surface area (TPSA) is 33.9 Å². The normalized spacial score (nSPS) is 18.3. The van der Waals surface area contributed by atoms with Crippen LogP contribution in [0.15, 0.2) is 18.2 Å². The van der Waals surface area contributed by atoms with E-state index in [1.54, 1.807) is 0 Å². The van der Waals surface area contributed by atoms with E-state index in [4.69, 9.17) is 16.3 Å². The van der Waals surface area contributed by atoms with Crippen LogP contribution in [0.5, 0.6) is 5.75 Å². The van der Waals surface area contributed by atoms with Gasteiger partial charge in [0.2, 0.25) is 0 Å². The summed E-state index contributed by atoms with van der Waals surface area (Å²) in [5, 5.41) is 10.8. The summed E-state index contributed by atoms with van der Waals surface area (Å²) in [6.07, 6.45) is 3.49. The molecule has 1 aliphatic rings. The molecule has 2 rings (SSSR count). The minimum atomic E-state index is -0.399. The molecule has 1 aromatic rings. The molecule has 0 saturated carbocycles. The number of piperidine rings is 1. The Bertz CT molecular complexity index is 405. The predicted octanol–water partition coefficient (Wildman–Crippen LogP) is 1.46. The third-order valence-electron chi connectivity index (χ3n) is 3.66. The van der Waals surface area contributed by atoms with Gasteiger partial charge in [-0.3, -0.25) is 0 Å². The SMILES string of the molecule is Cc1cc(OC[C@H](O)C[NH+]2CCCCC2)ccc1Cl. The summed E-state index contributed by atoms with van der Waals surface area (Å²) < 4.78 is 5.62. The molecule has 1 aromatic carbocycles. The highest BCUT2D eigenvalue weighted by Gasteiger charge is 2.18. The highest BCUT2D eigenvalue weighted by molar-refractivity contribution is 6.31. The number of aliphatic hydroxyl groups excluding tert-OH is 1. The fourth-order valence-corrected chi connectivity index (χ4v) is 2.66. The molecule has 1 fully saturated rings. The van der Waals surface area contributed by atoms with Gasteiger partial charge >= 0.3 is 0 Å². The maximum absolute atomic E-state index is 10.0. The van der Waals surface area contributed by atoms with Gasteiger partial charge in [0.1, 0.15) is 25.0 Å². The van der Waals surface area contributed by atoms with Crippen molar-refractivity contribution in [3.05, 3.63) is 28.8 Å². The predicted molar refractivity (Wildman–Crippen MR) is 77.1 cm³/mol. The van der Waals surface area contributed by atoms with Gasteiger partial charge in [0, 0.05) is 5.02 Å². The molecule has 0 spiro atoms. The van der Waals surface area contributed by atoms with Crippen LogP contribution in [0, 0.1) is 6.92 Å². The summed E-state index contributed by atoms with van der Waals surface area (Å²) in [5.74, 6) is 0.773. The summed E-state index contributed by atoms with van der Waals surface area (Å²) in [4.78, 5) is 1.50. The minimum absolute atomic E-state index is 0.352. The van der Waals surface area contributed by atoms with Crippen molar-refractivity contribution in [3.63, 3.8) is 0 Å². The Morgan fingerprint density at radius 2 is 2.05 bits per heavy atom. The van der Waals surface area contributed by atoms with Crippen molar-refractivity contribution in [3.8, 4) is 5.75 Å². The lowest BCUT2D eigenvalue weighted by molar-refractivity contribution is -0.908. The highest BCUT2D eigenvalue weighted by Crippen LogP contribution is 2.20. The lowest BCUT2D eigenvalue weighted by atomic mass is 10.1. The molecule has 0 unspecified atom stereocenters. The average molecular weight is 285 g/mol. The molecule has 4 heteroatoms. The number of benzene rings is 1. The summed E-state index contributed by atoms with van der Waals surface area (Å²) in [5.41, 5.74) is 0.996. The Balaban J connectivity index is 1.75. The van der Waals surface area contributed by atoms with E-state index in [9.17, 15) is 5.11 Å². The van der Waals surface area contributed by atoms with Gasteiger partial charge < -0.3 is 14.7 Å². The van der Waals surface area contributed by atoms with Crippen LogP contribution in [-0.4, -0.2) is 37.5 Å². The van der Waals surface area contributed by atoms with Crippen molar-refractivity contribution < 1.29 is 14.7 Å². The number of quaternary nitrogens is 1. The first-order valence-corrected chi connectivity index (χ1v) is 7.43. The maximum atomic E-state index is 10.0. The van der Waals surface area contributed by atoms with Gasteiger partial charge in [-0.2, -0.15) is 0 Å². The van der Waals surface area contributed by atoms with Gasteiger partial charge in [-0.25, -0.2) is 0 Å². The number of halogens is 1. The van der Waals surface area contributed by atoms with Crippen molar-refractivity contribution in [2.75, 3.05) is 26.2 Å². The van der Waals surface area contributed by atoms with Gasteiger partial charge in [-0.1, -0.05) is 11.6 Å². The van der Waals surface area contributed by atoms with Crippen molar-refractivity contribution in [1.82, 2.24) is 0 Å². The minimum Gasteiger partial charge on any atom is -0.491 e. The summed E-state index contributed by atoms with van der Waals surface area (Å²) >= 11 is 5.96. The second-order valence-electron chi connectivity index (χ2n) is 5.39. The van der Waals surface area contributed by atoms with E-state index in [0.717, 1.165) is 22.9 Å². The van der Waals surface area contributed by atoms with E-state index < -0.39 is 6.10 Å². The number of hydrogen-bond acceptors (Lipinski definition) is 2. The fourth-order valence-electron chi connectivity index (χ4n) is 2.55. The number of rotatable bonds is 5. The molecule has 3 nitrogen and oxygen atoms in total. The maximum Gasteiger partial charge on any atom is 0.137 e. The number of likely N-dealkylation sites (tertiary alicyclic amines) is 1. The number of nitrogens with one attached hydrogen (secondary N) is 1. The van der Waals surface area contributed by atoms with Crippen molar-refractivity contribution in [2.45, 2.75) is 32.3 Å². The van der Waals surface area contributed by atoms with Crippen LogP contribution in [0.4, 0.5) is 0 Å². The molecule has 0 amide bonds. The summed E-state index contributed by atoms with van der Waals surface area (Å²) in [7, 11) is 0.